The van der Waals surface area contributed by atoms with Crippen LogP contribution in [0.1, 0.15) is 49.6 Å². The number of hydrogen-bond donors (Lipinski definition) is 2. The molecule has 0 unspecified atom stereocenters. The minimum Gasteiger partial charge on any atom is -0.437 e. The first-order chi connectivity index (χ1) is 17.2. The monoisotopic (exact) mass is 511 g/mol. The lowest BCUT2D eigenvalue weighted by atomic mass is 9.95. The third kappa shape index (κ3) is 4.64. The number of nitrogens with two attached hydrogens (primary N) is 1. The van der Waals surface area contributed by atoms with Crippen LogP contribution in [0.3, 0.4) is 0 Å². The third-order valence-corrected chi connectivity index (χ3v) is 7.14. The van der Waals surface area contributed by atoms with Gasteiger partial charge in [-0.3, -0.25) is 9.59 Å². The number of amides is 2. The summed E-state index contributed by atoms with van der Waals surface area (Å²) in [7, 11) is 0. The van der Waals surface area contributed by atoms with E-state index in [1.807, 2.05) is 0 Å². The molecule has 2 aromatic heterocycles. The van der Waals surface area contributed by atoms with Gasteiger partial charge in [0.2, 0.25) is 5.55 Å². The lowest BCUT2D eigenvalue weighted by Crippen LogP contribution is -2.22. The van der Waals surface area contributed by atoms with E-state index in [2.05, 4.69) is 10.3 Å². The fourth-order valence-electron chi connectivity index (χ4n) is 4.26. The summed E-state index contributed by atoms with van der Waals surface area (Å²) in [6.07, 6.45) is -1.08. The molecule has 2 aromatic carbocycles. The fourth-order valence-corrected chi connectivity index (χ4v) is 5.52. The number of halogens is 3. The zero-order valence-corrected chi connectivity index (χ0v) is 19.6. The fraction of sp³-hybridized carbons (Fsp3) is 0.192. The Balaban J connectivity index is 1.64. The number of carbonyl (C=O) groups excluding carboxylic acids is 2. The Kier molecular flexibility index (Phi) is 6.13. The Labute approximate surface area is 207 Å². The lowest BCUT2D eigenvalue weighted by molar-refractivity contribution is -0.137. The number of fused-ring (bicyclic) bond motifs is 2. The molecular formula is C26H20F3N3O3S. The van der Waals surface area contributed by atoms with E-state index >= 15 is 0 Å². The summed E-state index contributed by atoms with van der Waals surface area (Å²) in [5.74, 6) is -1.31. The second-order valence-corrected chi connectivity index (χ2v) is 9.49. The molecule has 1 aliphatic rings. The van der Waals surface area contributed by atoms with Gasteiger partial charge in [-0.2, -0.15) is 13.2 Å². The van der Waals surface area contributed by atoms with Crippen molar-refractivity contribution in [1.29, 1.82) is 0 Å². The number of benzene rings is 2. The Morgan fingerprint density at radius 2 is 1.81 bits per heavy atom. The summed E-state index contributed by atoms with van der Waals surface area (Å²) in [6.45, 7) is 0. The predicted molar refractivity (Wildman–Crippen MR) is 130 cm³/mol. The van der Waals surface area contributed by atoms with Crippen molar-refractivity contribution in [3.63, 3.8) is 0 Å². The largest absolute Gasteiger partial charge is 0.437 e. The molecule has 2 heterocycles. The number of alkyl halides is 3. The first kappa shape index (κ1) is 23.8. The van der Waals surface area contributed by atoms with Crippen molar-refractivity contribution in [2.75, 3.05) is 5.32 Å². The highest BCUT2D eigenvalue weighted by Gasteiger charge is 2.30. The third-order valence-electron chi connectivity index (χ3n) is 5.95. The van der Waals surface area contributed by atoms with Gasteiger partial charge in [-0.25, -0.2) is 4.99 Å². The van der Waals surface area contributed by atoms with Gasteiger partial charge < -0.3 is 15.5 Å². The second kappa shape index (κ2) is 9.27. The van der Waals surface area contributed by atoms with Crippen molar-refractivity contribution in [3.8, 4) is 0 Å². The van der Waals surface area contributed by atoms with Gasteiger partial charge in [-0.1, -0.05) is 24.3 Å². The normalized spacial score (nSPS) is 14.0. The van der Waals surface area contributed by atoms with E-state index in [1.54, 1.807) is 30.3 Å². The summed E-state index contributed by atoms with van der Waals surface area (Å²) in [4.78, 5) is 31.1. The van der Waals surface area contributed by atoms with E-state index in [0.717, 1.165) is 48.3 Å². The highest BCUT2D eigenvalue weighted by molar-refractivity contribution is 7.16. The SMILES string of the molecule is NC(=O)c1c(/N=c2\oc3ccccc3cc2C(=O)Nc2cccc(C(F)(F)F)c2)sc2c1CCCC2. The number of carbonyl (C=O) groups is 2. The van der Waals surface area contributed by atoms with Crippen molar-refractivity contribution in [3.05, 3.63) is 87.3 Å². The minimum atomic E-state index is -4.55. The molecule has 0 radical (unpaired) electrons. The average Bonchev–Trinajstić information content (AvgIpc) is 3.21. The van der Waals surface area contributed by atoms with Crippen LogP contribution in [0.4, 0.5) is 23.9 Å². The van der Waals surface area contributed by atoms with Crippen LogP contribution >= 0.6 is 11.3 Å². The van der Waals surface area contributed by atoms with E-state index in [1.165, 1.54) is 23.5 Å². The van der Waals surface area contributed by atoms with Crippen LogP contribution in [0.5, 0.6) is 0 Å². The Bertz CT molecular complexity index is 1570. The molecule has 0 bridgehead atoms. The van der Waals surface area contributed by atoms with Gasteiger partial charge in [-0.15, -0.1) is 11.3 Å². The van der Waals surface area contributed by atoms with E-state index in [9.17, 15) is 22.8 Å². The standard InChI is InChI=1S/C26H20F3N3O3S/c27-26(28,29)15-7-5-8-16(13-15)31-23(34)18-12-14-6-1-3-10-19(14)35-24(18)32-25-21(22(30)33)17-9-2-4-11-20(17)36-25/h1,3,5-8,10,12-13H,2,4,9,11H2,(H2,30,33)(H,31,34)/b32-24-. The molecule has 0 atom stereocenters. The molecule has 6 nitrogen and oxygen atoms in total. The molecule has 36 heavy (non-hydrogen) atoms. The smallest absolute Gasteiger partial charge is 0.416 e. The van der Waals surface area contributed by atoms with Gasteiger partial charge in [0.1, 0.15) is 16.1 Å². The number of aryl methyl sites for hydroxylation is 1. The van der Waals surface area contributed by atoms with Crippen LogP contribution in [0.15, 0.2) is 64.0 Å². The van der Waals surface area contributed by atoms with Crippen molar-refractivity contribution in [1.82, 2.24) is 0 Å². The second-order valence-electron chi connectivity index (χ2n) is 8.40. The molecule has 0 aliphatic heterocycles. The maximum absolute atomic E-state index is 13.2. The quantitative estimate of drug-likeness (QED) is 0.353. The van der Waals surface area contributed by atoms with Crippen LogP contribution in [0.2, 0.25) is 0 Å². The Hall–Kier alpha value is -3.92. The number of nitrogens with zero attached hydrogens (tertiary/aromatic N) is 1. The van der Waals surface area contributed by atoms with Crippen molar-refractivity contribution in [2.45, 2.75) is 31.9 Å². The number of thiophene rings is 1. The summed E-state index contributed by atoms with van der Waals surface area (Å²) >= 11 is 1.34. The predicted octanol–water partition coefficient (Wildman–Crippen LogP) is 5.98. The van der Waals surface area contributed by atoms with Crippen LogP contribution in [0, 0.1) is 0 Å². The molecular weight excluding hydrogens is 491 g/mol. The van der Waals surface area contributed by atoms with E-state index < -0.39 is 23.6 Å². The van der Waals surface area contributed by atoms with Crippen LogP contribution in [0.25, 0.3) is 11.0 Å². The minimum absolute atomic E-state index is 0.00732. The first-order valence-electron chi connectivity index (χ1n) is 11.2. The maximum atomic E-state index is 13.2. The topological polar surface area (TPSA) is 97.7 Å². The van der Waals surface area contributed by atoms with Gasteiger partial charge in [0.05, 0.1) is 11.1 Å². The van der Waals surface area contributed by atoms with Crippen LogP contribution in [-0.4, -0.2) is 11.8 Å². The zero-order chi connectivity index (χ0) is 25.4. The van der Waals surface area contributed by atoms with Crippen LogP contribution < -0.4 is 16.6 Å². The number of hydrogen-bond acceptors (Lipinski definition) is 5. The summed E-state index contributed by atoms with van der Waals surface area (Å²) in [6, 6.07) is 12.9. The first-order valence-corrected chi connectivity index (χ1v) is 12.0. The Morgan fingerprint density at radius 1 is 1.03 bits per heavy atom. The summed E-state index contributed by atoms with van der Waals surface area (Å²) < 4.78 is 45.3. The number of nitrogens with one attached hydrogen (secondary N) is 1. The van der Waals surface area contributed by atoms with Gasteiger partial charge >= 0.3 is 6.18 Å². The molecule has 5 rings (SSSR count). The van der Waals surface area contributed by atoms with Crippen molar-refractivity contribution < 1.29 is 27.2 Å². The molecule has 0 saturated heterocycles. The number of primary amides is 1. The molecule has 0 spiro atoms. The van der Waals surface area contributed by atoms with Gasteiger partial charge in [-0.05, 0) is 61.6 Å². The Morgan fingerprint density at radius 3 is 2.58 bits per heavy atom. The van der Waals surface area contributed by atoms with E-state index in [4.69, 9.17) is 10.2 Å². The van der Waals surface area contributed by atoms with E-state index in [0.29, 0.717) is 21.5 Å². The van der Waals surface area contributed by atoms with Crippen molar-refractivity contribution >= 4 is 44.8 Å². The highest BCUT2D eigenvalue weighted by Crippen LogP contribution is 2.39. The number of para-hydroxylation sites is 1. The molecule has 0 saturated carbocycles. The number of rotatable bonds is 4. The van der Waals surface area contributed by atoms with Crippen LogP contribution in [-0.2, 0) is 19.0 Å². The van der Waals surface area contributed by atoms with Gasteiger partial charge in [0.15, 0.2) is 0 Å². The maximum Gasteiger partial charge on any atom is 0.416 e. The molecule has 0 fully saturated rings. The summed E-state index contributed by atoms with van der Waals surface area (Å²) in [5, 5.41) is 3.45. The molecule has 1 aliphatic carbocycles. The molecule has 10 heteroatoms. The van der Waals surface area contributed by atoms with Gasteiger partial charge in [0, 0.05) is 16.0 Å². The van der Waals surface area contributed by atoms with E-state index in [-0.39, 0.29) is 16.8 Å². The zero-order valence-electron chi connectivity index (χ0n) is 18.8. The molecule has 184 valence electrons. The molecule has 4 aromatic rings. The average molecular weight is 512 g/mol. The number of anilines is 1. The van der Waals surface area contributed by atoms with Gasteiger partial charge in [0.25, 0.3) is 11.8 Å². The lowest BCUT2D eigenvalue weighted by Gasteiger charge is -2.11. The summed E-state index contributed by atoms with van der Waals surface area (Å²) in [5.41, 5.74) is 6.36. The molecule has 2 amide bonds. The van der Waals surface area contributed by atoms with Crippen molar-refractivity contribution in [2.24, 2.45) is 10.7 Å². The molecule has 3 N–H and O–H groups in total. The highest BCUT2D eigenvalue weighted by atomic mass is 32.1.